The Hall–Kier alpha value is -0.500. The van der Waals surface area contributed by atoms with Crippen LogP contribution in [0.3, 0.4) is 0 Å². The Morgan fingerprint density at radius 2 is 2.14 bits per heavy atom. The molecule has 2 N–H and O–H groups in total. The van der Waals surface area contributed by atoms with Crippen molar-refractivity contribution < 1.29 is 12.8 Å². The van der Waals surface area contributed by atoms with Gasteiger partial charge in [0.1, 0.15) is 10.7 Å². The Morgan fingerprint density at radius 3 is 2.71 bits per heavy atom. The minimum absolute atomic E-state index is 0.131. The molecule has 1 fully saturated rings. The molecule has 0 amide bonds. The quantitative estimate of drug-likeness (QED) is 0.856. The topological polar surface area (TPSA) is 63.4 Å². The summed E-state index contributed by atoms with van der Waals surface area (Å²) in [5.41, 5.74) is 5.75. The largest absolute Gasteiger partial charge is 0.330 e. The summed E-state index contributed by atoms with van der Waals surface area (Å²) in [6.45, 7) is 2.55. The minimum Gasteiger partial charge on any atom is -0.330 e. The second-order valence-corrected chi connectivity index (χ2v) is 8.05. The summed E-state index contributed by atoms with van der Waals surface area (Å²) in [4.78, 5) is -0.268. The number of sulfonamides is 1. The zero-order valence-corrected chi connectivity index (χ0v) is 14.3. The van der Waals surface area contributed by atoms with Gasteiger partial charge in [-0.1, -0.05) is 29.3 Å². The molecule has 0 aliphatic heterocycles. The summed E-state index contributed by atoms with van der Waals surface area (Å²) in [5, 5.41) is 0. The van der Waals surface area contributed by atoms with Gasteiger partial charge in [-0.05, 0) is 43.5 Å². The number of rotatable bonds is 5. The van der Waals surface area contributed by atoms with Crippen molar-refractivity contribution in [3.05, 3.63) is 28.5 Å². The van der Waals surface area contributed by atoms with E-state index in [4.69, 9.17) is 5.73 Å². The van der Waals surface area contributed by atoms with E-state index in [1.165, 1.54) is 16.4 Å². The Bertz CT molecular complexity index is 609. The van der Waals surface area contributed by atoms with E-state index < -0.39 is 15.8 Å². The normalized spacial score (nSPS) is 22.9. The number of hydrogen-bond donors (Lipinski definition) is 1. The minimum atomic E-state index is -3.84. The Balaban J connectivity index is 2.40. The highest BCUT2D eigenvalue weighted by Crippen LogP contribution is 2.33. The van der Waals surface area contributed by atoms with Gasteiger partial charge in [0.05, 0.1) is 0 Å². The van der Waals surface area contributed by atoms with Gasteiger partial charge in [-0.15, -0.1) is 0 Å². The number of nitrogens with two attached hydrogens (primary N) is 1. The van der Waals surface area contributed by atoms with Crippen molar-refractivity contribution in [2.75, 3.05) is 13.1 Å². The predicted octanol–water partition coefficient (Wildman–Crippen LogP) is 2.73. The van der Waals surface area contributed by atoms with Crippen molar-refractivity contribution in [2.45, 2.75) is 37.1 Å². The van der Waals surface area contributed by atoms with Gasteiger partial charge >= 0.3 is 0 Å². The van der Waals surface area contributed by atoms with E-state index >= 15 is 0 Å². The molecule has 0 aromatic heterocycles. The summed E-state index contributed by atoms with van der Waals surface area (Å²) in [5.74, 6) is -0.580. The lowest BCUT2D eigenvalue weighted by molar-refractivity contribution is 0.275. The zero-order valence-electron chi connectivity index (χ0n) is 11.9. The molecule has 0 spiro atoms. The molecule has 7 heteroatoms. The molecule has 0 radical (unpaired) electrons. The molecule has 1 saturated carbocycles. The maximum absolute atomic E-state index is 14.0. The fourth-order valence-electron chi connectivity index (χ4n) is 3.06. The second kappa shape index (κ2) is 6.73. The van der Waals surface area contributed by atoms with Gasteiger partial charge in [0, 0.05) is 17.1 Å². The standard InChI is InChI=1S/C14H20BrFN2O2S/c1-2-18(13-5-3-4-10(13)9-17)21(19,20)14-7-6-11(15)8-12(14)16/h6-8,10,13H,2-5,9,17H2,1H3. The summed E-state index contributed by atoms with van der Waals surface area (Å²) in [6, 6.07) is 3.89. The van der Waals surface area contributed by atoms with Crippen molar-refractivity contribution >= 4 is 26.0 Å². The first-order chi connectivity index (χ1) is 9.91. The van der Waals surface area contributed by atoms with Crippen LogP contribution in [0.25, 0.3) is 0 Å². The van der Waals surface area contributed by atoms with Crippen LogP contribution in [-0.2, 0) is 10.0 Å². The Labute approximate surface area is 133 Å². The fourth-order valence-corrected chi connectivity index (χ4v) is 5.17. The van der Waals surface area contributed by atoms with Crippen LogP contribution in [0.1, 0.15) is 26.2 Å². The molecular formula is C14H20BrFN2O2S. The third-order valence-electron chi connectivity index (χ3n) is 4.08. The van der Waals surface area contributed by atoms with Gasteiger partial charge in [0.2, 0.25) is 10.0 Å². The van der Waals surface area contributed by atoms with E-state index in [9.17, 15) is 12.8 Å². The van der Waals surface area contributed by atoms with Crippen molar-refractivity contribution in [1.29, 1.82) is 0 Å². The van der Waals surface area contributed by atoms with E-state index in [0.717, 1.165) is 19.3 Å². The molecular weight excluding hydrogens is 359 g/mol. The molecule has 118 valence electrons. The molecule has 1 aliphatic carbocycles. The third-order valence-corrected chi connectivity index (χ3v) is 6.61. The van der Waals surface area contributed by atoms with Gasteiger partial charge in [0.15, 0.2) is 0 Å². The first kappa shape index (κ1) is 16.9. The Kier molecular flexibility index (Phi) is 5.40. The predicted molar refractivity (Wildman–Crippen MR) is 83.8 cm³/mol. The second-order valence-electron chi connectivity index (χ2n) is 5.28. The monoisotopic (exact) mass is 378 g/mol. The van der Waals surface area contributed by atoms with Crippen LogP contribution in [0.15, 0.2) is 27.6 Å². The zero-order chi connectivity index (χ0) is 15.6. The van der Waals surface area contributed by atoms with E-state index in [1.54, 1.807) is 13.0 Å². The maximum Gasteiger partial charge on any atom is 0.246 e. The van der Waals surface area contributed by atoms with Gasteiger partial charge < -0.3 is 5.73 Å². The molecule has 4 nitrogen and oxygen atoms in total. The van der Waals surface area contributed by atoms with Crippen molar-refractivity contribution in [1.82, 2.24) is 4.31 Å². The fraction of sp³-hybridized carbons (Fsp3) is 0.571. The number of nitrogens with zero attached hydrogens (tertiary/aromatic N) is 1. The molecule has 1 aliphatic rings. The van der Waals surface area contributed by atoms with E-state index in [1.807, 2.05) is 0 Å². The molecule has 0 heterocycles. The molecule has 1 aromatic rings. The van der Waals surface area contributed by atoms with Gasteiger partial charge in [-0.2, -0.15) is 4.31 Å². The van der Waals surface area contributed by atoms with Crippen LogP contribution in [0.5, 0.6) is 0 Å². The average Bonchev–Trinajstić information content (AvgIpc) is 2.86. The Morgan fingerprint density at radius 1 is 1.43 bits per heavy atom. The number of benzene rings is 1. The first-order valence-electron chi connectivity index (χ1n) is 7.08. The van der Waals surface area contributed by atoms with Crippen molar-refractivity contribution in [2.24, 2.45) is 11.7 Å². The molecule has 1 aromatic carbocycles. The van der Waals surface area contributed by atoms with Crippen LogP contribution in [0, 0.1) is 11.7 Å². The van der Waals surface area contributed by atoms with E-state index in [-0.39, 0.29) is 16.9 Å². The van der Waals surface area contributed by atoms with Crippen LogP contribution in [0.4, 0.5) is 4.39 Å². The molecule has 2 atom stereocenters. The molecule has 21 heavy (non-hydrogen) atoms. The molecule has 2 rings (SSSR count). The first-order valence-corrected chi connectivity index (χ1v) is 9.32. The SMILES string of the molecule is CCN(C1CCCC1CN)S(=O)(=O)c1ccc(Br)cc1F. The smallest absolute Gasteiger partial charge is 0.246 e. The van der Waals surface area contributed by atoms with E-state index in [0.29, 0.717) is 17.6 Å². The highest BCUT2D eigenvalue weighted by Gasteiger charge is 2.38. The maximum atomic E-state index is 14.0. The number of hydrogen-bond acceptors (Lipinski definition) is 3. The van der Waals surface area contributed by atoms with Gasteiger partial charge in [-0.25, -0.2) is 12.8 Å². The molecule has 2 unspecified atom stereocenters. The lowest BCUT2D eigenvalue weighted by Gasteiger charge is -2.31. The van der Waals surface area contributed by atoms with Gasteiger partial charge in [-0.3, -0.25) is 0 Å². The molecule has 0 saturated heterocycles. The third kappa shape index (κ3) is 3.31. The van der Waals surface area contributed by atoms with Crippen LogP contribution < -0.4 is 5.73 Å². The number of halogens is 2. The average molecular weight is 379 g/mol. The highest BCUT2D eigenvalue weighted by atomic mass is 79.9. The molecule has 0 bridgehead atoms. The van der Waals surface area contributed by atoms with Crippen molar-refractivity contribution in [3.8, 4) is 0 Å². The van der Waals surface area contributed by atoms with E-state index in [2.05, 4.69) is 15.9 Å². The summed E-state index contributed by atoms with van der Waals surface area (Å²) >= 11 is 3.14. The summed E-state index contributed by atoms with van der Waals surface area (Å²) in [7, 11) is -3.84. The van der Waals surface area contributed by atoms with Crippen LogP contribution in [0.2, 0.25) is 0 Å². The van der Waals surface area contributed by atoms with Crippen LogP contribution >= 0.6 is 15.9 Å². The summed E-state index contributed by atoms with van der Waals surface area (Å²) < 4.78 is 41.5. The summed E-state index contributed by atoms with van der Waals surface area (Å²) in [6.07, 6.45) is 2.67. The van der Waals surface area contributed by atoms with Crippen LogP contribution in [-0.4, -0.2) is 31.9 Å². The van der Waals surface area contributed by atoms with Crippen molar-refractivity contribution in [3.63, 3.8) is 0 Å². The lowest BCUT2D eigenvalue weighted by Crippen LogP contribution is -2.44. The highest BCUT2D eigenvalue weighted by molar-refractivity contribution is 9.10. The van der Waals surface area contributed by atoms with Gasteiger partial charge in [0.25, 0.3) is 0 Å². The lowest BCUT2D eigenvalue weighted by atomic mass is 10.0.